The second-order valence-electron chi connectivity index (χ2n) is 6.78. The fourth-order valence-corrected chi connectivity index (χ4v) is 3.36. The van der Waals surface area contributed by atoms with Gasteiger partial charge in [0.1, 0.15) is 0 Å². The summed E-state index contributed by atoms with van der Waals surface area (Å²) >= 11 is 0. The van der Waals surface area contributed by atoms with Crippen LogP contribution in [0.1, 0.15) is 36.8 Å². The second kappa shape index (κ2) is 11.9. The van der Waals surface area contributed by atoms with Crippen LogP contribution < -0.4 is 11.1 Å². The lowest BCUT2D eigenvalue weighted by molar-refractivity contribution is -0.116. The summed E-state index contributed by atoms with van der Waals surface area (Å²) < 4.78 is 0. The van der Waals surface area contributed by atoms with Gasteiger partial charge in [0.15, 0.2) is 0 Å². The summed E-state index contributed by atoms with van der Waals surface area (Å²) in [6.07, 6.45) is 5.02. The maximum Gasteiger partial charge on any atom is 0.224 e. The molecule has 0 atom stereocenters. The number of piperidine rings is 1. The summed E-state index contributed by atoms with van der Waals surface area (Å²) in [5.74, 6) is 0.0263. The average molecular weight is 410 g/mol. The Hall–Kier alpha value is -1.75. The number of para-hydroxylation sites is 1. The lowest BCUT2D eigenvalue weighted by Gasteiger charge is -2.26. The molecule has 0 aromatic heterocycles. The van der Waals surface area contributed by atoms with Crippen LogP contribution in [0, 0.1) is 0 Å². The monoisotopic (exact) mass is 409 g/mol. The first-order valence-electron chi connectivity index (χ1n) is 9.15. The van der Waals surface area contributed by atoms with E-state index in [1.165, 1.54) is 37.9 Å². The number of carbonyl (C=O) groups excluding carboxylic acids is 1. The Morgan fingerprint density at radius 3 is 2.48 bits per heavy atom. The number of nitrogens with two attached hydrogens (primary N) is 1. The zero-order valence-electron chi connectivity index (χ0n) is 15.5. The number of hydrogen-bond acceptors (Lipinski definition) is 3. The van der Waals surface area contributed by atoms with Crippen molar-refractivity contribution < 1.29 is 4.79 Å². The summed E-state index contributed by atoms with van der Waals surface area (Å²) in [7, 11) is 0. The summed E-state index contributed by atoms with van der Waals surface area (Å²) in [6, 6.07) is 15.9. The molecule has 2 aromatic carbocycles. The smallest absolute Gasteiger partial charge is 0.224 e. The molecule has 1 heterocycles. The van der Waals surface area contributed by atoms with Gasteiger partial charge in [0.2, 0.25) is 5.91 Å². The molecule has 1 aliphatic heterocycles. The molecular weight excluding hydrogens is 381 g/mol. The predicted octanol–water partition coefficient (Wildman–Crippen LogP) is 4.67. The molecule has 0 radical (unpaired) electrons. The third-order valence-corrected chi connectivity index (χ3v) is 4.74. The maximum atomic E-state index is 12.2. The minimum Gasteiger partial charge on any atom is -0.399 e. The molecule has 0 saturated carbocycles. The van der Waals surface area contributed by atoms with Crippen LogP contribution in [-0.2, 0) is 17.8 Å². The highest BCUT2D eigenvalue weighted by Gasteiger charge is 2.11. The molecule has 4 nitrogen and oxygen atoms in total. The highest BCUT2D eigenvalue weighted by Crippen LogP contribution is 2.17. The summed E-state index contributed by atoms with van der Waals surface area (Å²) in [4.78, 5) is 14.7. The van der Waals surface area contributed by atoms with E-state index in [0.29, 0.717) is 12.8 Å². The first-order chi connectivity index (χ1) is 12.2. The van der Waals surface area contributed by atoms with Gasteiger partial charge in [0, 0.05) is 24.3 Å². The van der Waals surface area contributed by atoms with E-state index in [0.717, 1.165) is 23.5 Å². The van der Waals surface area contributed by atoms with E-state index in [2.05, 4.69) is 22.3 Å². The van der Waals surface area contributed by atoms with Crippen LogP contribution in [0.3, 0.4) is 0 Å². The van der Waals surface area contributed by atoms with Gasteiger partial charge in [-0.15, -0.1) is 24.8 Å². The molecule has 148 valence electrons. The van der Waals surface area contributed by atoms with Gasteiger partial charge in [-0.05, 0) is 61.7 Å². The van der Waals surface area contributed by atoms with E-state index >= 15 is 0 Å². The minimum absolute atomic E-state index is 0. The molecule has 0 aliphatic carbocycles. The molecule has 3 rings (SSSR count). The fraction of sp³-hybridized carbons (Fsp3) is 0.381. The van der Waals surface area contributed by atoms with E-state index < -0.39 is 0 Å². The Bertz CT molecular complexity index is 718. The van der Waals surface area contributed by atoms with Gasteiger partial charge < -0.3 is 11.1 Å². The van der Waals surface area contributed by atoms with Gasteiger partial charge in [-0.3, -0.25) is 9.69 Å². The number of carbonyl (C=O) groups is 1. The third kappa shape index (κ3) is 7.41. The van der Waals surface area contributed by atoms with Crippen molar-refractivity contribution in [2.45, 2.75) is 38.6 Å². The topological polar surface area (TPSA) is 58.4 Å². The summed E-state index contributed by atoms with van der Waals surface area (Å²) in [6.45, 7) is 3.31. The van der Waals surface area contributed by atoms with Crippen LogP contribution >= 0.6 is 24.8 Å². The quantitative estimate of drug-likeness (QED) is 0.681. The van der Waals surface area contributed by atoms with Gasteiger partial charge in [0.25, 0.3) is 0 Å². The molecule has 0 unspecified atom stereocenters. The molecule has 27 heavy (non-hydrogen) atoms. The molecule has 1 aliphatic rings. The normalized spacial score (nSPS) is 13.9. The molecule has 0 bridgehead atoms. The van der Waals surface area contributed by atoms with Gasteiger partial charge in [-0.1, -0.05) is 36.8 Å². The standard InChI is InChI=1S/C21H27N3O.2ClH/c22-20-10-3-2-8-18(20)11-12-21(25)23-19-9-6-7-17(15-19)16-24-13-4-1-5-14-24;;/h2-3,6-10,15H,1,4-5,11-14,16,22H2,(H,23,25);2*1H. The molecular formula is C21H29Cl2N3O. The largest absolute Gasteiger partial charge is 0.399 e. The number of aryl methyl sites for hydroxylation is 1. The van der Waals surface area contributed by atoms with E-state index in [1.54, 1.807) is 0 Å². The lowest BCUT2D eigenvalue weighted by Crippen LogP contribution is -2.29. The Morgan fingerprint density at radius 2 is 1.74 bits per heavy atom. The van der Waals surface area contributed by atoms with Gasteiger partial charge >= 0.3 is 0 Å². The SMILES string of the molecule is Cl.Cl.Nc1ccccc1CCC(=O)Nc1cccc(CN2CCCCC2)c1. The molecule has 2 aromatic rings. The zero-order chi connectivity index (χ0) is 17.5. The fourth-order valence-electron chi connectivity index (χ4n) is 3.36. The number of likely N-dealkylation sites (tertiary alicyclic amines) is 1. The first kappa shape index (κ1) is 23.3. The van der Waals surface area contributed by atoms with Crippen molar-refractivity contribution in [1.82, 2.24) is 4.90 Å². The highest BCUT2D eigenvalue weighted by atomic mass is 35.5. The Kier molecular flexibility index (Phi) is 10.2. The molecule has 3 N–H and O–H groups in total. The van der Waals surface area contributed by atoms with Gasteiger partial charge in [-0.2, -0.15) is 0 Å². The van der Waals surface area contributed by atoms with Crippen molar-refractivity contribution in [2.24, 2.45) is 0 Å². The van der Waals surface area contributed by atoms with Crippen molar-refractivity contribution in [3.05, 3.63) is 59.7 Å². The van der Waals surface area contributed by atoms with Crippen LogP contribution in [0.4, 0.5) is 11.4 Å². The van der Waals surface area contributed by atoms with Crippen molar-refractivity contribution in [2.75, 3.05) is 24.1 Å². The Morgan fingerprint density at radius 1 is 1.00 bits per heavy atom. The number of hydrogen-bond donors (Lipinski definition) is 2. The van der Waals surface area contributed by atoms with Crippen molar-refractivity contribution >= 4 is 42.1 Å². The lowest BCUT2D eigenvalue weighted by atomic mass is 10.1. The number of amides is 1. The predicted molar refractivity (Wildman–Crippen MR) is 118 cm³/mol. The van der Waals surface area contributed by atoms with E-state index in [1.807, 2.05) is 36.4 Å². The number of benzene rings is 2. The second-order valence-corrected chi connectivity index (χ2v) is 6.78. The van der Waals surface area contributed by atoms with Crippen molar-refractivity contribution in [3.8, 4) is 0 Å². The van der Waals surface area contributed by atoms with E-state index in [-0.39, 0.29) is 30.7 Å². The van der Waals surface area contributed by atoms with Gasteiger partial charge in [0.05, 0.1) is 0 Å². The zero-order valence-corrected chi connectivity index (χ0v) is 17.2. The van der Waals surface area contributed by atoms with Crippen LogP contribution in [0.15, 0.2) is 48.5 Å². The number of anilines is 2. The highest BCUT2D eigenvalue weighted by molar-refractivity contribution is 5.91. The maximum absolute atomic E-state index is 12.2. The first-order valence-corrected chi connectivity index (χ1v) is 9.15. The summed E-state index contributed by atoms with van der Waals surface area (Å²) in [5, 5.41) is 3.01. The Labute approximate surface area is 174 Å². The third-order valence-electron chi connectivity index (χ3n) is 4.74. The minimum atomic E-state index is 0. The molecule has 1 fully saturated rings. The number of halogens is 2. The van der Waals surface area contributed by atoms with Crippen LogP contribution in [0.25, 0.3) is 0 Å². The number of nitrogens with zero attached hydrogens (tertiary/aromatic N) is 1. The van der Waals surface area contributed by atoms with E-state index in [4.69, 9.17) is 5.73 Å². The summed E-state index contributed by atoms with van der Waals surface area (Å²) in [5.41, 5.74) is 9.84. The van der Waals surface area contributed by atoms with Crippen molar-refractivity contribution in [1.29, 1.82) is 0 Å². The molecule has 1 amide bonds. The van der Waals surface area contributed by atoms with Crippen molar-refractivity contribution in [3.63, 3.8) is 0 Å². The number of nitrogens with one attached hydrogen (secondary N) is 1. The van der Waals surface area contributed by atoms with Gasteiger partial charge in [-0.25, -0.2) is 0 Å². The van der Waals surface area contributed by atoms with Crippen LogP contribution in [-0.4, -0.2) is 23.9 Å². The molecule has 0 spiro atoms. The Balaban J connectivity index is 0.00000182. The molecule has 1 saturated heterocycles. The number of nitrogen functional groups attached to an aromatic ring is 1. The van der Waals surface area contributed by atoms with Crippen LogP contribution in [0.5, 0.6) is 0 Å². The van der Waals surface area contributed by atoms with Crippen LogP contribution in [0.2, 0.25) is 0 Å². The number of rotatable bonds is 6. The molecule has 6 heteroatoms. The van der Waals surface area contributed by atoms with E-state index in [9.17, 15) is 4.79 Å². The average Bonchev–Trinajstić information content (AvgIpc) is 2.62.